The van der Waals surface area contributed by atoms with Gasteiger partial charge in [-0.15, -0.1) is 0 Å². The Hall–Kier alpha value is -3.43. The minimum absolute atomic E-state index is 0.112. The Bertz CT molecular complexity index is 1380. The fourth-order valence-electron chi connectivity index (χ4n) is 7.35. The van der Waals surface area contributed by atoms with E-state index in [1.54, 1.807) is 25.1 Å². The summed E-state index contributed by atoms with van der Waals surface area (Å²) < 4.78 is 0. The number of carbonyl (C=O) groups excluding carboxylic acids is 3. The molecule has 0 radical (unpaired) electrons. The van der Waals surface area contributed by atoms with Crippen molar-refractivity contribution in [2.75, 3.05) is 33.7 Å². The number of aromatic hydroxyl groups is 1. The van der Waals surface area contributed by atoms with Gasteiger partial charge in [0.1, 0.15) is 22.8 Å². The molecule has 1 aromatic rings. The van der Waals surface area contributed by atoms with E-state index in [4.69, 9.17) is 5.73 Å². The van der Waals surface area contributed by atoms with E-state index in [2.05, 4.69) is 11.0 Å². The van der Waals surface area contributed by atoms with Gasteiger partial charge < -0.3 is 21.1 Å². The minimum atomic E-state index is -1.24. The Balaban J connectivity index is 1.40. The largest absolute Gasteiger partial charge is 0.510 e. The average molecular weight is 534 g/mol. The van der Waals surface area contributed by atoms with Crippen LogP contribution < -0.4 is 5.73 Å². The maximum absolute atomic E-state index is 13.9. The van der Waals surface area contributed by atoms with Crippen LogP contribution in [-0.4, -0.2) is 82.4 Å². The number of allylic oxidation sites excluding steroid dienone is 1. The number of hydrogen-bond acceptors (Lipinski definition) is 8. The van der Waals surface area contributed by atoms with Crippen LogP contribution in [0.5, 0.6) is 5.75 Å². The molecule has 1 heterocycles. The predicted molar refractivity (Wildman–Crippen MR) is 145 cm³/mol. The van der Waals surface area contributed by atoms with Gasteiger partial charge in [0, 0.05) is 25.2 Å². The molecule has 5 aliphatic rings. The summed E-state index contributed by atoms with van der Waals surface area (Å²) in [6.45, 7) is 2.94. The number of phenolic OH excluding ortho intramolecular Hbond substituents is 1. The molecule has 206 valence electrons. The van der Waals surface area contributed by atoms with Crippen molar-refractivity contribution in [3.63, 3.8) is 0 Å². The summed E-state index contributed by atoms with van der Waals surface area (Å²) in [5, 5.41) is 33.2. The van der Waals surface area contributed by atoms with Crippen molar-refractivity contribution in [2.24, 2.45) is 29.4 Å². The number of ketones is 2. The molecule has 4 aliphatic carbocycles. The highest BCUT2D eigenvalue weighted by Gasteiger charge is 2.55. The van der Waals surface area contributed by atoms with E-state index in [0.29, 0.717) is 12.8 Å². The number of phenols is 1. The molecule has 4 atom stereocenters. The van der Waals surface area contributed by atoms with Crippen LogP contribution in [0.3, 0.4) is 0 Å². The maximum Gasteiger partial charge on any atom is 0.255 e. The molecule has 0 aromatic heterocycles. The second-order valence-electron chi connectivity index (χ2n) is 12.0. The van der Waals surface area contributed by atoms with Crippen molar-refractivity contribution in [3.8, 4) is 5.75 Å². The highest BCUT2D eigenvalue weighted by atomic mass is 16.3. The first-order chi connectivity index (χ1) is 18.6. The molecule has 0 spiro atoms. The summed E-state index contributed by atoms with van der Waals surface area (Å²) in [6, 6.07) is 2.70. The number of nitrogens with zero attached hydrogens (tertiary/aromatic N) is 2. The number of nitrogens with two attached hydrogens (primary N) is 1. The summed E-state index contributed by atoms with van der Waals surface area (Å²) in [7, 11) is 3.43. The van der Waals surface area contributed by atoms with Gasteiger partial charge in [0.15, 0.2) is 11.6 Å². The molecule has 9 heteroatoms. The van der Waals surface area contributed by atoms with Crippen molar-refractivity contribution in [1.29, 1.82) is 0 Å². The fraction of sp³-hybridized carbons (Fsp3) is 0.500. The SMILES string of the molecule is CN(C)[C@@H]1C(O)=C(C(N)=O)C(=O)C2C(=O)C3=C(O)c4c(O)ccc(C5=CCN(CC6CC6)CC5)c4C[C@H]3C[C@H]21. The van der Waals surface area contributed by atoms with E-state index < -0.39 is 52.6 Å². The van der Waals surface area contributed by atoms with E-state index in [1.807, 2.05) is 6.07 Å². The zero-order valence-corrected chi connectivity index (χ0v) is 22.3. The quantitative estimate of drug-likeness (QED) is 0.334. The summed E-state index contributed by atoms with van der Waals surface area (Å²) >= 11 is 0. The third kappa shape index (κ3) is 4.10. The van der Waals surface area contributed by atoms with Crippen LogP contribution in [0.4, 0.5) is 0 Å². The van der Waals surface area contributed by atoms with Gasteiger partial charge in [-0.05, 0) is 86.7 Å². The van der Waals surface area contributed by atoms with Gasteiger partial charge in [0.05, 0.1) is 17.5 Å². The molecule has 0 saturated heterocycles. The first kappa shape index (κ1) is 25.8. The number of amides is 1. The highest BCUT2D eigenvalue weighted by molar-refractivity contribution is 6.28. The number of benzene rings is 1. The van der Waals surface area contributed by atoms with E-state index in [0.717, 1.165) is 43.1 Å². The Morgan fingerprint density at radius 3 is 2.49 bits per heavy atom. The normalized spacial score (nSPS) is 29.3. The molecule has 0 bridgehead atoms. The zero-order valence-electron chi connectivity index (χ0n) is 22.3. The lowest BCUT2D eigenvalue weighted by Crippen LogP contribution is -2.55. The van der Waals surface area contributed by atoms with E-state index >= 15 is 0 Å². The molecule has 9 nitrogen and oxygen atoms in total. The van der Waals surface area contributed by atoms with Gasteiger partial charge in [-0.1, -0.05) is 12.1 Å². The predicted octanol–water partition coefficient (Wildman–Crippen LogP) is 2.35. The maximum atomic E-state index is 13.9. The number of aliphatic hydroxyl groups is 2. The standard InChI is InChI=1S/C30H35N3O6/c1-32(2)25-19-12-16-11-18-17(15-7-9-33(10-8-15)13-14-3-4-14)5-6-20(34)22(18)26(35)21(16)27(36)23(19)28(37)24(29(25)38)30(31)39/h5-7,14,16,19,23,25,34-35,38H,3-4,8-13H2,1-2H3,(H2,31,39)/t16-,19+,23?,25-/m0/s1. The minimum Gasteiger partial charge on any atom is -0.510 e. The summed E-state index contributed by atoms with van der Waals surface area (Å²) in [5.74, 6) is -4.68. The molecule has 6 rings (SSSR count). The molecule has 39 heavy (non-hydrogen) atoms. The Labute approximate surface area is 227 Å². The molecule has 1 aromatic carbocycles. The molecular weight excluding hydrogens is 498 g/mol. The van der Waals surface area contributed by atoms with E-state index in [9.17, 15) is 29.7 Å². The number of Topliss-reactive ketones (excluding diaryl/α,β-unsaturated/α-hetero) is 2. The summed E-state index contributed by atoms with van der Waals surface area (Å²) in [4.78, 5) is 43.5. The van der Waals surface area contributed by atoms with Crippen LogP contribution in [0.15, 0.2) is 35.1 Å². The molecule has 2 fully saturated rings. The number of fused-ring (bicyclic) bond motifs is 3. The third-order valence-corrected chi connectivity index (χ3v) is 9.30. The molecule has 1 amide bonds. The van der Waals surface area contributed by atoms with Gasteiger partial charge in [-0.2, -0.15) is 0 Å². The number of primary amides is 1. The topological polar surface area (TPSA) is 144 Å². The first-order valence-electron chi connectivity index (χ1n) is 13.8. The lowest BCUT2D eigenvalue weighted by molar-refractivity contribution is -0.136. The smallest absolute Gasteiger partial charge is 0.255 e. The number of likely N-dealkylation sites (N-methyl/N-ethyl adjacent to an activating group) is 1. The lowest BCUT2D eigenvalue weighted by Gasteiger charge is -2.46. The summed E-state index contributed by atoms with van der Waals surface area (Å²) in [6.07, 6.45) is 6.48. The number of hydrogen-bond donors (Lipinski definition) is 4. The van der Waals surface area contributed by atoms with Crippen molar-refractivity contribution in [1.82, 2.24) is 9.80 Å². The first-order valence-corrected chi connectivity index (χ1v) is 13.8. The Morgan fingerprint density at radius 2 is 1.87 bits per heavy atom. The lowest BCUT2D eigenvalue weighted by atomic mass is 9.59. The number of carbonyl (C=O) groups is 3. The second kappa shape index (κ2) is 9.34. The molecule has 1 aliphatic heterocycles. The van der Waals surface area contributed by atoms with Crippen LogP contribution in [0, 0.1) is 23.7 Å². The van der Waals surface area contributed by atoms with Gasteiger partial charge >= 0.3 is 0 Å². The fourth-order valence-corrected chi connectivity index (χ4v) is 7.35. The monoisotopic (exact) mass is 533 g/mol. The molecule has 5 N–H and O–H groups in total. The number of rotatable bonds is 5. The molecular formula is C30H35N3O6. The third-order valence-electron chi connectivity index (χ3n) is 9.30. The Morgan fingerprint density at radius 1 is 1.13 bits per heavy atom. The van der Waals surface area contributed by atoms with Gasteiger partial charge in [-0.25, -0.2) is 0 Å². The number of aliphatic hydroxyl groups excluding tert-OH is 2. The van der Waals surface area contributed by atoms with Crippen molar-refractivity contribution >= 4 is 28.8 Å². The van der Waals surface area contributed by atoms with Crippen LogP contribution in [-0.2, 0) is 20.8 Å². The van der Waals surface area contributed by atoms with E-state index in [1.165, 1.54) is 18.4 Å². The van der Waals surface area contributed by atoms with Crippen molar-refractivity contribution < 1.29 is 29.7 Å². The van der Waals surface area contributed by atoms with E-state index in [-0.39, 0.29) is 22.6 Å². The second-order valence-corrected chi connectivity index (χ2v) is 12.0. The molecule has 2 saturated carbocycles. The summed E-state index contributed by atoms with van der Waals surface area (Å²) in [5.41, 5.74) is 8.17. The van der Waals surface area contributed by atoms with Crippen molar-refractivity contribution in [2.45, 2.75) is 38.1 Å². The zero-order chi connectivity index (χ0) is 27.7. The average Bonchev–Trinajstić information content (AvgIpc) is 3.68. The van der Waals surface area contributed by atoms with Crippen LogP contribution in [0.25, 0.3) is 11.3 Å². The Kier molecular flexibility index (Phi) is 6.19. The van der Waals surface area contributed by atoms with Crippen molar-refractivity contribution in [3.05, 3.63) is 51.8 Å². The molecule has 1 unspecified atom stereocenters. The van der Waals surface area contributed by atoms with Gasteiger partial charge in [0.25, 0.3) is 5.91 Å². The highest BCUT2D eigenvalue weighted by Crippen LogP contribution is 2.51. The van der Waals surface area contributed by atoms with Gasteiger partial charge in [0.2, 0.25) is 0 Å². The van der Waals surface area contributed by atoms with Crippen LogP contribution >= 0.6 is 0 Å². The van der Waals surface area contributed by atoms with Crippen LogP contribution in [0.1, 0.15) is 42.4 Å². The van der Waals surface area contributed by atoms with Gasteiger partial charge in [-0.3, -0.25) is 24.2 Å². The van der Waals surface area contributed by atoms with Crippen LogP contribution in [0.2, 0.25) is 0 Å².